The summed E-state index contributed by atoms with van der Waals surface area (Å²) >= 11 is 5.93. The summed E-state index contributed by atoms with van der Waals surface area (Å²) in [7, 11) is -3.44. The maximum atomic E-state index is 12.8. The van der Waals surface area contributed by atoms with Gasteiger partial charge in [-0.2, -0.15) is 4.31 Å². The molecule has 0 aromatic carbocycles. The molecule has 0 atom stereocenters. The monoisotopic (exact) mass is 318 g/mol. The van der Waals surface area contributed by atoms with Crippen molar-refractivity contribution in [2.24, 2.45) is 0 Å². The van der Waals surface area contributed by atoms with E-state index in [0.29, 0.717) is 17.3 Å². The van der Waals surface area contributed by atoms with E-state index < -0.39 is 10.0 Å². The number of hydrogen-bond acceptors (Lipinski definition) is 2. The Bertz CT molecular complexity index is 590. The minimum Gasteiger partial charge on any atom is -0.346 e. The summed E-state index contributed by atoms with van der Waals surface area (Å²) in [5.41, 5.74) is 0.539. The van der Waals surface area contributed by atoms with Crippen molar-refractivity contribution >= 4 is 21.6 Å². The highest BCUT2D eigenvalue weighted by molar-refractivity contribution is 7.89. The highest BCUT2D eigenvalue weighted by Gasteiger charge is 2.41. The highest BCUT2D eigenvalue weighted by atomic mass is 35.5. The standard InChI is InChI=1S/C14H23ClN2O2S/c1-11(2)16-10-13(8-12(16)9-15)20(18,19)17-7-5-6-14(17,3)4/h8,10-11H,5-7,9H2,1-4H3. The molecule has 0 aliphatic carbocycles. The van der Waals surface area contributed by atoms with Crippen molar-refractivity contribution in [3.8, 4) is 0 Å². The summed E-state index contributed by atoms with van der Waals surface area (Å²) in [4.78, 5) is 0.358. The third-order valence-electron chi connectivity index (χ3n) is 4.01. The predicted molar refractivity (Wildman–Crippen MR) is 81.6 cm³/mol. The van der Waals surface area contributed by atoms with E-state index >= 15 is 0 Å². The molecule has 0 spiro atoms. The van der Waals surface area contributed by atoms with Gasteiger partial charge in [0, 0.05) is 30.0 Å². The molecule has 0 bridgehead atoms. The van der Waals surface area contributed by atoms with Gasteiger partial charge < -0.3 is 4.57 Å². The van der Waals surface area contributed by atoms with Gasteiger partial charge in [-0.15, -0.1) is 11.6 Å². The molecule has 1 fully saturated rings. The van der Waals surface area contributed by atoms with Crippen LogP contribution in [0.4, 0.5) is 0 Å². The van der Waals surface area contributed by atoms with Crippen LogP contribution in [0.1, 0.15) is 52.3 Å². The quantitative estimate of drug-likeness (QED) is 0.799. The van der Waals surface area contributed by atoms with Gasteiger partial charge in [0.05, 0.1) is 5.88 Å². The van der Waals surface area contributed by atoms with Gasteiger partial charge in [-0.25, -0.2) is 8.42 Å². The van der Waals surface area contributed by atoms with E-state index in [2.05, 4.69) is 0 Å². The first-order valence-electron chi connectivity index (χ1n) is 6.99. The molecule has 0 radical (unpaired) electrons. The summed E-state index contributed by atoms with van der Waals surface area (Å²) in [5, 5.41) is 0. The summed E-state index contributed by atoms with van der Waals surface area (Å²) in [6, 6.07) is 1.90. The normalized spacial score (nSPS) is 19.9. The van der Waals surface area contributed by atoms with Gasteiger partial charge in [0.2, 0.25) is 10.0 Å². The molecule has 1 aromatic heterocycles. The molecule has 1 saturated heterocycles. The van der Waals surface area contributed by atoms with Crippen LogP contribution in [-0.4, -0.2) is 29.4 Å². The smallest absolute Gasteiger partial charge is 0.245 e. The third kappa shape index (κ3) is 2.63. The van der Waals surface area contributed by atoms with E-state index in [-0.39, 0.29) is 11.6 Å². The van der Waals surface area contributed by atoms with Crippen LogP contribution in [0.2, 0.25) is 0 Å². The summed E-state index contributed by atoms with van der Waals surface area (Å²) in [5.74, 6) is 0.317. The number of sulfonamides is 1. The first-order chi connectivity index (χ1) is 9.20. The number of halogens is 1. The first-order valence-corrected chi connectivity index (χ1v) is 8.97. The molecule has 114 valence electrons. The second kappa shape index (κ2) is 5.35. The van der Waals surface area contributed by atoms with E-state index in [4.69, 9.17) is 11.6 Å². The molecule has 0 saturated carbocycles. The van der Waals surface area contributed by atoms with E-state index in [1.807, 2.05) is 32.3 Å². The lowest BCUT2D eigenvalue weighted by Crippen LogP contribution is -2.42. The fourth-order valence-corrected chi connectivity index (χ4v) is 4.99. The van der Waals surface area contributed by atoms with Crippen LogP contribution in [0.3, 0.4) is 0 Å². The average Bonchev–Trinajstić information content (AvgIpc) is 2.92. The zero-order valence-corrected chi connectivity index (χ0v) is 14.1. The summed E-state index contributed by atoms with van der Waals surface area (Å²) in [6.07, 6.45) is 3.53. The van der Waals surface area contributed by atoms with E-state index in [1.165, 1.54) is 0 Å². The fourth-order valence-electron chi connectivity index (χ4n) is 2.88. The Hall–Kier alpha value is -0.520. The highest BCUT2D eigenvalue weighted by Crippen LogP contribution is 2.34. The summed E-state index contributed by atoms with van der Waals surface area (Å²) in [6.45, 7) is 8.61. The van der Waals surface area contributed by atoms with Crippen molar-refractivity contribution in [2.75, 3.05) is 6.54 Å². The third-order valence-corrected chi connectivity index (χ3v) is 6.36. The molecular weight excluding hydrogens is 296 g/mol. The van der Waals surface area contributed by atoms with Crippen molar-refractivity contribution in [3.05, 3.63) is 18.0 Å². The van der Waals surface area contributed by atoms with Crippen molar-refractivity contribution in [1.82, 2.24) is 8.87 Å². The van der Waals surface area contributed by atoms with Gasteiger partial charge in [0.15, 0.2) is 0 Å². The molecule has 6 heteroatoms. The van der Waals surface area contributed by atoms with Crippen LogP contribution in [0, 0.1) is 0 Å². The topological polar surface area (TPSA) is 42.3 Å². The van der Waals surface area contributed by atoms with Crippen LogP contribution >= 0.6 is 11.6 Å². The molecule has 4 nitrogen and oxygen atoms in total. The first kappa shape index (κ1) is 15.9. The van der Waals surface area contributed by atoms with Crippen molar-refractivity contribution in [2.45, 2.75) is 62.9 Å². The Labute approximate surface area is 126 Å². The Morgan fingerprint density at radius 1 is 1.40 bits per heavy atom. The Morgan fingerprint density at radius 3 is 2.45 bits per heavy atom. The van der Waals surface area contributed by atoms with Crippen LogP contribution in [-0.2, 0) is 15.9 Å². The number of aromatic nitrogens is 1. The Kier molecular flexibility index (Phi) is 4.24. The maximum Gasteiger partial charge on any atom is 0.245 e. The molecular formula is C14H23ClN2O2S. The van der Waals surface area contributed by atoms with Gasteiger partial charge in [-0.05, 0) is 46.6 Å². The lowest BCUT2D eigenvalue weighted by Gasteiger charge is -2.30. The van der Waals surface area contributed by atoms with E-state index in [1.54, 1.807) is 16.6 Å². The van der Waals surface area contributed by atoms with E-state index in [0.717, 1.165) is 18.5 Å². The molecule has 2 heterocycles. The molecule has 1 aliphatic heterocycles. The second-order valence-electron chi connectivity index (χ2n) is 6.29. The van der Waals surface area contributed by atoms with Gasteiger partial charge >= 0.3 is 0 Å². The van der Waals surface area contributed by atoms with Gasteiger partial charge in [0.1, 0.15) is 4.90 Å². The van der Waals surface area contributed by atoms with Gasteiger partial charge in [-0.1, -0.05) is 0 Å². The molecule has 1 aliphatic rings. The zero-order valence-electron chi connectivity index (χ0n) is 12.6. The molecule has 0 unspecified atom stereocenters. The molecule has 2 rings (SSSR count). The fraction of sp³-hybridized carbons (Fsp3) is 0.714. The van der Waals surface area contributed by atoms with Crippen LogP contribution in [0.25, 0.3) is 0 Å². The minimum absolute atomic E-state index is 0.194. The molecule has 1 aromatic rings. The maximum absolute atomic E-state index is 12.8. The van der Waals surface area contributed by atoms with Crippen molar-refractivity contribution in [1.29, 1.82) is 0 Å². The number of nitrogens with zero attached hydrogens (tertiary/aromatic N) is 2. The van der Waals surface area contributed by atoms with Gasteiger partial charge in [0.25, 0.3) is 0 Å². The Morgan fingerprint density at radius 2 is 2.05 bits per heavy atom. The summed E-state index contributed by atoms with van der Waals surface area (Å²) < 4.78 is 29.2. The van der Waals surface area contributed by atoms with Crippen LogP contribution in [0.15, 0.2) is 17.2 Å². The van der Waals surface area contributed by atoms with Crippen molar-refractivity contribution < 1.29 is 8.42 Å². The van der Waals surface area contributed by atoms with Crippen LogP contribution < -0.4 is 0 Å². The SMILES string of the molecule is CC(C)n1cc(S(=O)(=O)N2CCCC2(C)C)cc1CCl. The largest absolute Gasteiger partial charge is 0.346 e. The molecule has 0 N–H and O–H groups in total. The molecule has 20 heavy (non-hydrogen) atoms. The molecule has 0 amide bonds. The lowest BCUT2D eigenvalue weighted by atomic mass is 10.0. The van der Waals surface area contributed by atoms with E-state index in [9.17, 15) is 8.42 Å². The minimum atomic E-state index is -3.44. The number of rotatable bonds is 4. The lowest BCUT2D eigenvalue weighted by molar-refractivity contribution is 0.291. The average molecular weight is 319 g/mol. The van der Waals surface area contributed by atoms with Crippen molar-refractivity contribution in [3.63, 3.8) is 0 Å². The Balaban J connectivity index is 2.45. The van der Waals surface area contributed by atoms with Crippen LogP contribution in [0.5, 0.6) is 0 Å². The van der Waals surface area contributed by atoms with Gasteiger partial charge in [-0.3, -0.25) is 0 Å². The second-order valence-corrected chi connectivity index (χ2v) is 8.42. The zero-order chi connectivity index (χ0) is 15.1. The number of alkyl halides is 1. The predicted octanol–water partition coefficient (Wildman–Crippen LogP) is 3.37. The number of hydrogen-bond donors (Lipinski definition) is 0.